The lowest BCUT2D eigenvalue weighted by molar-refractivity contribution is 0.0996. The quantitative estimate of drug-likeness (QED) is 0.762. The van der Waals surface area contributed by atoms with Gasteiger partial charge in [-0.15, -0.1) is 0 Å². The van der Waals surface area contributed by atoms with E-state index in [9.17, 15) is 9.18 Å². The Bertz CT molecular complexity index is 488. The van der Waals surface area contributed by atoms with E-state index in [1.807, 2.05) is 0 Å². The molecule has 0 fully saturated rings. The van der Waals surface area contributed by atoms with Crippen LogP contribution in [-0.2, 0) is 0 Å². The molecule has 0 unspecified atom stereocenters. The lowest BCUT2D eigenvalue weighted by Crippen LogP contribution is -2.13. The van der Waals surface area contributed by atoms with Gasteiger partial charge < -0.3 is 15.5 Å². The zero-order valence-corrected chi connectivity index (χ0v) is 8.24. The second kappa shape index (κ2) is 4.06. The Hall–Kier alpha value is -2.30. The Balaban J connectivity index is 2.25. The van der Waals surface area contributed by atoms with Crippen molar-refractivity contribution < 1.29 is 13.6 Å². The molecule has 3 N–H and O–H groups in total. The molecule has 0 atom stereocenters. The lowest BCUT2D eigenvalue weighted by atomic mass is 10.2. The fraction of sp³-hybridized carbons (Fsp3) is 0. The Labute approximate surface area is 90.9 Å². The van der Waals surface area contributed by atoms with Crippen LogP contribution in [-0.4, -0.2) is 5.91 Å². The highest BCUT2D eigenvalue weighted by Crippen LogP contribution is 2.22. The number of carbonyl (C=O) groups is 1. The lowest BCUT2D eigenvalue weighted by Gasteiger charge is -2.07. The van der Waals surface area contributed by atoms with Gasteiger partial charge in [0.25, 0.3) is 5.91 Å². The van der Waals surface area contributed by atoms with E-state index in [-0.39, 0.29) is 17.1 Å². The maximum absolute atomic E-state index is 13.3. The molecular weight excluding hydrogens is 211 g/mol. The van der Waals surface area contributed by atoms with Gasteiger partial charge in [0.2, 0.25) is 0 Å². The number of hydrogen-bond acceptors (Lipinski definition) is 3. The molecular formula is C11H9FN2O2. The molecule has 1 aromatic heterocycles. The van der Waals surface area contributed by atoms with Crippen molar-refractivity contribution in [1.82, 2.24) is 0 Å². The third-order valence-corrected chi connectivity index (χ3v) is 2.03. The van der Waals surface area contributed by atoms with E-state index < -0.39 is 11.7 Å². The third-order valence-electron chi connectivity index (χ3n) is 2.03. The van der Waals surface area contributed by atoms with Crippen LogP contribution in [0.15, 0.2) is 41.0 Å². The normalized spacial score (nSPS) is 10.1. The molecule has 82 valence electrons. The van der Waals surface area contributed by atoms with Crippen LogP contribution in [0.25, 0.3) is 0 Å². The molecule has 16 heavy (non-hydrogen) atoms. The highest BCUT2D eigenvalue weighted by atomic mass is 19.1. The van der Waals surface area contributed by atoms with Crippen LogP contribution in [0.1, 0.15) is 10.6 Å². The number of halogens is 1. The maximum Gasteiger partial charge on any atom is 0.291 e. The first kappa shape index (κ1) is 10.2. The maximum atomic E-state index is 13.3. The van der Waals surface area contributed by atoms with Gasteiger partial charge in [0.1, 0.15) is 11.5 Å². The number of nitrogens with one attached hydrogen (secondary N) is 1. The van der Waals surface area contributed by atoms with Crippen molar-refractivity contribution in [2.24, 2.45) is 0 Å². The van der Waals surface area contributed by atoms with Crippen molar-refractivity contribution >= 4 is 17.3 Å². The number of nitrogens with two attached hydrogens (primary N) is 1. The number of carbonyl (C=O) groups excluding carboxylic acids is 1. The minimum absolute atomic E-state index is 0.0381. The summed E-state index contributed by atoms with van der Waals surface area (Å²) in [4.78, 5) is 11.6. The van der Waals surface area contributed by atoms with Gasteiger partial charge in [-0.2, -0.15) is 0 Å². The van der Waals surface area contributed by atoms with Gasteiger partial charge in [-0.25, -0.2) is 4.39 Å². The summed E-state index contributed by atoms with van der Waals surface area (Å²) in [7, 11) is 0. The summed E-state index contributed by atoms with van der Waals surface area (Å²) >= 11 is 0. The van der Waals surface area contributed by atoms with Gasteiger partial charge in [-0.3, -0.25) is 4.79 Å². The van der Waals surface area contributed by atoms with E-state index in [1.54, 1.807) is 6.07 Å². The van der Waals surface area contributed by atoms with Crippen molar-refractivity contribution in [3.05, 3.63) is 48.2 Å². The van der Waals surface area contributed by atoms with Gasteiger partial charge in [-0.05, 0) is 24.3 Å². The minimum Gasteiger partial charge on any atom is -0.459 e. The zero-order valence-electron chi connectivity index (χ0n) is 8.24. The monoisotopic (exact) mass is 220 g/mol. The average molecular weight is 220 g/mol. The van der Waals surface area contributed by atoms with E-state index in [1.165, 1.54) is 30.5 Å². The van der Waals surface area contributed by atoms with Crippen LogP contribution in [0.3, 0.4) is 0 Å². The highest BCUT2D eigenvalue weighted by molar-refractivity contribution is 6.03. The van der Waals surface area contributed by atoms with E-state index in [4.69, 9.17) is 10.2 Å². The summed E-state index contributed by atoms with van der Waals surface area (Å²) in [5.41, 5.74) is 5.67. The van der Waals surface area contributed by atoms with E-state index in [2.05, 4.69) is 5.32 Å². The van der Waals surface area contributed by atoms with Gasteiger partial charge in [-0.1, -0.05) is 6.07 Å². The number of benzene rings is 1. The van der Waals surface area contributed by atoms with Crippen molar-refractivity contribution in [2.75, 3.05) is 11.1 Å². The summed E-state index contributed by atoms with van der Waals surface area (Å²) in [6, 6.07) is 7.23. The van der Waals surface area contributed by atoms with Crippen molar-refractivity contribution in [3.63, 3.8) is 0 Å². The molecule has 0 aliphatic heterocycles. The average Bonchev–Trinajstić information content (AvgIpc) is 2.76. The number of nitrogen functional groups attached to an aromatic ring is 1. The van der Waals surface area contributed by atoms with Crippen molar-refractivity contribution in [3.8, 4) is 0 Å². The highest BCUT2D eigenvalue weighted by Gasteiger charge is 2.13. The Morgan fingerprint density at radius 2 is 2.12 bits per heavy atom. The second-order valence-electron chi connectivity index (χ2n) is 3.14. The van der Waals surface area contributed by atoms with Gasteiger partial charge in [0.15, 0.2) is 5.76 Å². The molecule has 5 heteroatoms. The predicted molar refractivity (Wildman–Crippen MR) is 57.5 cm³/mol. The molecule has 0 saturated carbocycles. The van der Waals surface area contributed by atoms with Gasteiger partial charge >= 0.3 is 0 Å². The number of para-hydroxylation sites is 1. The van der Waals surface area contributed by atoms with Crippen LogP contribution >= 0.6 is 0 Å². The largest absolute Gasteiger partial charge is 0.459 e. The summed E-state index contributed by atoms with van der Waals surface area (Å²) in [5, 5.41) is 2.35. The molecule has 0 radical (unpaired) electrons. The number of rotatable bonds is 2. The molecule has 0 spiro atoms. The summed E-state index contributed by atoms with van der Waals surface area (Å²) in [6.45, 7) is 0. The number of hydrogen-bond donors (Lipinski definition) is 2. The number of anilines is 2. The standard InChI is InChI=1S/C11H9FN2O2/c12-7-3-1-4-8(13)10(7)14-11(15)9-5-2-6-16-9/h1-6H,13H2,(H,14,15). The van der Waals surface area contributed by atoms with E-state index in [0.717, 1.165) is 0 Å². The SMILES string of the molecule is Nc1cccc(F)c1NC(=O)c1ccco1. The third kappa shape index (κ3) is 1.88. The van der Waals surface area contributed by atoms with Crippen molar-refractivity contribution in [2.45, 2.75) is 0 Å². The molecule has 0 aliphatic carbocycles. The van der Waals surface area contributed by atoms with Gasteiger partial charge in [0.05, 0.1) is 12.0 Å². The Morgan fingerprint density at radius 3 is 2.75 bits per heavy atom. The van der Waals surface area contributed by atoms with Crippen molar-refractivity contribution in [1.29, 1.82) is 0 Å². The fourth-order valence-electron chi connectivity index (χ4n) is 1.26. The topological polar surface area (TPSA) is 68.3 Å². The van der Waals surface area contributed by atoms with Gasteiger partial charge in [0, 0.05) is 0 Å². The van der Waals surface area contributed by atoms with E-state index in [0.29, 0.717) is 0 Å². The molecule has 0 bridgehead atoms. The molecule has 2 aromatic rings. The molecule has 1 amide bonds. The van der Waals surface area contributed by atoms with E-state index >= 15 is 0 Å². The molecule has 0 aliphatic rings. The number of furan rings is 1. The zero-order chi connectivity index (χ0) is 11.5. The number of amides is 1. The Kier molecular flexibility index (Phi) is 2.59. The van der Waals surface area contributed by atoms with Crippen LogP contribution < -0.4 is 11.1 Å². The molecule has 1 heterocycles. The summed E-state index contributed by atoms with van der Waals surface area (Å²) in [5.74, 6) is -1.02. The first-order chi connectivity index (χ1) is 7.68. The second-order valence-corrected chi connectivity index (χ2v) is 3.14. The Morgan fingerprint density at radius 1 is 1.31 bits per heavy atom. The fourth-order valence-corrected chi connectivity index (χ4v) is 1.26. The van der Waals surface area contributed by atoms with Crippen LogP contribution in [0.4, 0.5) is 15.8 Å². The summed E-state index contributed by atoms with van der Waals surface area (Å²) < 4.78 is 18.2. The first-order valence-corrected chi connectivity index (χ1v) is 4.57. The summed E-state index contributed by atoms with van der Waals surface area (Å²) in [6.07, 6.45) is 1.36. The van der Waals surface area contributed by atoms with Crippen LogP contribution in [0.2, 0.25) is 0 Å². The molecule has 0 saturated heterocycles. The molecule has 4 nitrogen and oxygen atoms in total. The van der Waals surface area contributed by atoms with Crippen LogP contribution in [0.5, 0.6) is 0 Å². The smallest absolute Gasteiger partial charge is 0.291 e. The minimum atomic E-state index is -0.583. The van der Waals surface area contributed by atoms with Crippen LogP contribution in [0, 0.1) is 5.82 Å². The first-order valence-electron chi connectivity index (χ1n) is 4.57. The predicted octanol–water partition coefficient (Wildman–Crippen LogP) is 2.25. The molecule has 1 aromatic carbocycles. The molecule has 2 rings (SSSR count).